The molecule has 3 N–H and O–H groups in total. The van der Waals surface area contributed by atoms with E-state index in [0.29, 0.717) is 4.99 Å². The number of nitrogens with zero attached hydrogens (tertiary/aromatic N) is 1. The van der Waals surface area contributed by atoms with Gasteiger partial charge in [0.15, 0.2) is 0 Å². The molecule has 0 spiro atoms. The van der Waals surface area contributed by atoms with Crippen molar-refractivity contribution in [3.05, 3.63) is 23.4 Å². The average molecular weight is 249 g/mol. The molecule has 3 nitrogen and oxygen atoms in total. The van der Waals surface area contributed by atoms with Crippen molar-refractivity contribution in [1.29, 1.82) is 0 Å². The number of aromatic nitrogens is 1. The average Bonchev–Trinajstić information content (AvgIpc) is 2.63. The van der Waals surface area contributed by atoms with Crippen molar-refractivity contribution in [1.82, 2.24) is 4.98 Å². The first-order chi connectivity index (χ1) is 7.98. The Morgan fingerprint density at radius 3 is 2.65 bits per heavy atom. The minimum Gasteiger partial charge on any atom is -0.389 e. The van der Waals surface area contributed by atoms with Crippen molar-refractivity contribution < 1.29 is 0 Å². The molecule has 0 radical (unpaired) electrons. The molecule has 0 amide bonds. The number of rotatable bonds is 3. The highest BCUT2D eigenvalue weighted by atomic mass is 32.1. The second-order valence-electron chi connectivity index (χ2n) is 5.14. The predicted molar refractivity (Wildman–Crippen MR) is 75.4 cm³/mol. The van der Waals surface area contributed by atoms with Gasteiger partial charge in [-0.3, -0.25) is 0 Å². The van der Waals surface area contributed by atoms with Gasteiger partial charge in [-0.05, 0) is 38.8 Å². The molecule has 17 heavy (non-hydrogen) atoms. The summed E-state index contributed by atoms with van der Waals surface area (Å²) in [6.07, 6.45) is 4.98. The molecule has 0 bridgehead atoms. The van der Waals surface area contributed by atoms with Gasteiger partial charge in [0.1, 0.15) is 10.8 Å². The third-order valence-electron chi connectivity index (χ3n) is 3.37. The summed E-state index contributed by atoms with van der Waals surface area (Å²) in [6, 6.07) is 3.86. The van der Waals surface area contributed by atoms with Crippen LogP contribution >= 0.6 is 12.2 Å². The minimum absolute atomic E-state index is 0.175. The molecule has 1 aromatic rings. The monoisotopic (exact) mass is 249 g/mol. The molecule has 1 aliphatic rings. The van der Waals surface area contributed by atoms with Crippen LogP contribution in [0.25, 0.3) is 0 Å². The standard InChI is InChI=1S/C13H19N3S/c1-9-7-10(12(14)17)8-11(15-9)16-13(2)5-3-4-6-13/h7-8H,3-6H2,1-2H3,(H2,14,17)(H,15,16). The lowest BCUT2D eigenvalue weighted by Gasteiger charge is -2.26. The number of hydrogen-bond acceptors (Lipinski definition) is 3. The number of nitrogens with two attached hydrogens (primary N) is 1. The van der Waals surface area contributed by atoms with Crippen LogP contribution in [0, 0.1) is 6.92 Å². The van der Waals surface area contributed by atoms with E-state index >= 15 is 0 Å². The maximum absolute atomic E-state index is 5.67. The minimum atomic E-state index is 0.175. The van der Waals surface area contributed by atoms with E-state index in [1.807, 2.05) is 19.1 Å². The Balaban J connectivity index is 2.23. The van der Waals surface area contributed by atoms with Crippen LogP contribution in [0.5, 0.6) is 0 Å². The molecule has 0 unspecified atom stereocenters. The van der Waals surface area contributed by atoms with Gasteiger partial charge in [-0.15, -0.1) is 0 Å². The van der Waals surface area contributed by atoms with Crippen LogP contribution in [0.4, 0.5) is 5.82 Å². The maximum Gasteiger partial charge on any atom is 0.127 e. The van der Waals surface area contributed by atoms with Gasteiger partial charge >= 0.3 is 0 Å². The number of aryl methyl sites for hydroxylation is 1. The molecule has 1 fully saturated rings. The van der Waals surface area contributed by atoms with Crippen LogP contribution < -0.4 is 11.1 Å². The third-order valence-corrected chi connectivity index (χ3v) is 3.61. The lowest BCUT2D eigenvalue weighted by molar-refractivity contribution is 0.531. The van der Waals surface area contributed by atoms with Crippen LogP contribution in [-0.2, 0) is 0 Å². The number of anilines is 1. The fourth-order valence-corrected chi connectivity index (χ4v) is 2.58. The molecule has 0 aliphatic heterocycles. The van der Waals surface area contributed by atoms with Gasteiger partial charge in [0.2, 0.25) is 0 Å². The molecule has 1 heterocycles. The fourth-order valence-electron chi connectivity index (χ4n) is 2.46. The number of thiocarbonyl (C=S) groups is 1. The van der Waals surface area contributed by atoms with E-state index in [0.717, 1.165) is 17.1 Å². The molecule has 2 rings (SSSR count). The van der Waals surface area contributed by atoms with Crippen LogP contribution in [0.15, 0.2) is 12.1 Å². The Morgan fingerprint density at radius 1 is 1.41 bits per heavy atom. The summed E-state index contributed by atoms with van der Waals surface area (Å²) in [5, 5.41) is 3.53. The van der Waals surface area contributed by atoms with E-state index in [4.69, 9.17) is 18.0 Å². The molecule has 1 saturated carbocycles. The summed E-state index contributed by atoms with van der Waals surface area (Å²) < 4.78 is 0. The van der Waals surface area contributed by atoms with E-state index in [1.54, 1.807) is 0 Å². The molecule has 0 aromatic carbocycles. The van der Waals surface area contributed by atoms with Crippen molar-refractivity contribution >= 4 is 23.0 Å². The highest BCUT2D eigenvalue weighted by molar-refractivity contribution is 7.80. The van der Waals surface area contributed by atoms with Crippen LogP contribution in [0.1, 0.15) is 43.9 Å². The van der Waals surface area contributed by atoms with E-state index in [9.17, 15) is 0 Å². The number of hydrogen-bond donors (Lipinski definition) is 2. The fraction of sp³-hybridized carbons (Fsp3) is 0.538. The van der Waals surface area contributed by atoms with Gasteiger partial charge in [-0.2, -0.15) is 0 Å². The van der Waals surface area contributed by atoms with Gasteiger partial charge in [0, 0.05) is 16.8 Å². The lowest BCUT2D eigenvalue weighted by Crippen LogP contribution is -2.31. The second-order valence-corrected chi connectivity index (χ2v) is 5.58. The van der Waals surface area contributed by atoms with Crippen LogP contribution in [0.3, 0.4) is 0 Å². The van der Waals surface area contributed by atoms with Crippen molar-refractivity contribution in [2.45, 2.75) is 45.1 Å². The summed E-state index contributed by atoms with van der Waals surface area (Å²) in [5.74, 6) is 0.886. The first kappa shape index (κ1) is 12.3. The van der Waals surface area contributed by atoms with Crippen molar-refractivity contribution in [2.24, 2.45) is 5.73 Å². The van der Waals surface area contributed by atoms with Gasteiger partial charge in [0.05, 0.1) is 0 Å². The Morgan fingerprint density at radius 2 is 2.06 bits per heavy atom. The molecule has 4 heteroatoms. The number of pyridine rings is 1. The largest absolute Gasteiger partial charge is 0.389 e. The van der Waals surface area contributed by atoms with Crippen molar-refractivity contribution in [3.63, 3.8) is 0 Å². The van der Waals surface area contributed by atoms with Crippen molar-refractivity contribution in [2.75, 3.05) is 5.32 Å². The van der Waals surface area contributed by atoms with Crippen molar-refractivity contribution in [3.8, 4) is 0 Å². The van der Waals surface area contributed by atoms with E-state index in [2.05, 4.69) is 17.2 Å². The van der Waals surface area contributed by atoms with E-state index < -0.39 is 0 Å². The molecule has 0 atom stereocenters. The summed E-state index contributed by atoms with van der Waals surface area (Å²) in [6.45, 7) is 4.22. The van der Waals surface area contributed by atoms with Gasteiger partial charge < -0.3 is 11.1 Å². The highest BCUT2D eigenvalue weighted by Gasteiger charge is 2.28. The Bertz CT molecular complexity index is 436. The Kier molecular flexibility index (Phi) is 3.33. The Labute approximate surface area is 108 Å². The predicted octanol–water partition coefficient (Wildman–Crippen LogP) is 2.77. The zero-order valence-electron chi connectivity index (χ0n) is 10.4. The first-order valence-electron chi connectivity index (χ1n) is 6.05. The lowest BCUT2D eigenvalue weighted by atomic mass is 10.0. The molecule has 1 aromatic heterocycles. The SMILES string of the molecule is Cc1cc(C(N)=S)cc(NC2(C)CCCC2)n1. The van der Waals surface area contributed by atoms with Gasteiger partial charge in [-0.25, -0.2) is 4.98 Å². The third kappa shape index (κ3) is 2.94. The van der Waals surface area contributed by atoms with E-state index in [-0.39, 0.29) is 5.54 Å². The summed E-state index contributed by atoms with van der Waals surface area (Å²) in [5.41, 5.74) is 7.67. The zero-order chi connectivity index (χ0) is 12.5. The zero-order valence-corrected chi connectivity index (χ0v) is 11.2. The maximum atomic E-state index is 5.67. The molecule has 1 aliphatic carbocycles. The normalized spacial score (nSPS) is 18.0. The number of nitrogens with one attached hydrogen (secondary N) is 1. The Hall–Kier alpha value is -1.16. The van der Waals surface area contributed by atoms with E-state index in [1.165, 1.54) is 25.7 Å². The molecule has 0 saturated heterocycles. The topological polar surface area (TPSA) is 50.9 Å². The molecule has 92 valence electrons. The quantitative estimate of drug-likeness (QED) is 0.809. The van der Waals surface area contributed by atoms with Gasteiger partial charge in [0.25, 0.3) is 0 Å². The summed E-state index contributed by atoms with van der Waals surface area (Å²) >= 11 is 5.01. The highest BCUT2D eigenvalue weighted by Crippen LogP contribution is 2.32. The summed E-state index contributed by atoms with van der Waals surface area (Å²) in [4.78, 5) is 4.92. The van der Waals surface area contributed by atoms with Crippen LogP contribution in [0.2, 0.25) is 0 Å². The first-order valence-corrected chi connectivity index (χ1v) is 6.46. The summed E-state index contributed by atoms with van der Waals surface area (Å²) in [7, 11) is 0. The molecular weight excluding hydrogens is 230 g/mol. The van der Waals surface area contributed by atoms with Gasteiger partial charge in [-0.1, -0.05) is 25.1 Å². The molecular formula is C13H19N3S. The second kappa shape index (κ2) is 4.61. The smallest absolute Gasteiger partial charge is 0.127 e. The van der Waals surface area contributed by atoms with Crippen LogP contribution in [-0.4, -0.2) is 15.5 Å².